The standard InChI is InChI=1S/C19H22N4O3/c1-12-21-18(23-26-12)19(10-5-8-16(24)25-2)17-14(9-11-20-19)13-6-3-4-7-15(13)22-17/h3-4,6-7,20,22H,5,8-11H2,1-2H3. The highest BCUT2D eigenvalue weighted by Crippen LogP contribution is 2.40. The van der Waals surface area contributed by atoms with Crippen molar-refractivity contribution in [3.8, 4) is 0 Å². The lowest BCUT2D eigenvalue weighted by molar-refractivity contribution is -0.140. The third-order valence-corrected chi connectivity index (χ3v) is 5.11. The number of hydrogen-bond acceptors (Lipinski definition) is 6. The number of methoxy groups -OCH3 is 1. The molecule has 2 N–H and O–H groups in total. The SMILES string of the molecule is COC(=O)CCCC1(c2noc(C)n2)NCCc2c1[nH]c1ccccc21. The number of hydrogen-bond donors (Lipinski definition) is 2. The lowest BCUT2D eigenvalue weighted by Gasteiger charge is -2.36. The molecule has 0 bridgehead atoms. The van der Waals surface area contributed by atoms with E-state index < -0.39 is 5.54 Å². The van der Waals surface area contributed by atoms with Gasteiger partial charge in [0.25, 0.3) is 0 Å². The van der Waals surface area contributed by atoms with E-state index in [1.54, 1.807) is 6.92 Å². The van der Waals surface area contributed by atoms with Crippen LogP contribution in [0, 0.1) is 6.92 Å². The lowest BCUT2D eigenvalue weighted by Crippen LogP contribution is -2.49. The summed E-state index contributed by atoms with van der Waals surface area (Å²) in [6.45, 7) is 2.59. The molecule has 0 fully saturated rings. The minimum Gasteiger partial charge on any atom is -0.469 e. The van der Waals surface area contributed by atoms with Crippen LogP contribution >= 0.6 is 0 Å². The molecule has 0 amide bonds. The summed E-state index contributed by atoms with van der Waals surface area (Å²) in [6, 6.07) is 8.29. The first kappa shape index (κ1) is 16.8. The lowest BCUT2D eigenvalue weighted by atomic mass is 9.82. The highest BCUT2D eigenvalue weighted by atomic mass is 16.5. The molecular weight excluding hydrogens is 332 g/mol. The van der Waals surface area contributed by atoms with Crippen LogP contribution in [0.15, 0.2) is 28.8 Å². The molecule has 0 saturated carbocycles. The van der Waals surface area contributed by atoms with Crippen LogP contribution in [-0.2, 0) is 21.5 Å². The quantitative estimate of drug-likeness (QED) is 0.684. The minimum absolute atomic E-state index is 0.211. The van der Waals surface area contributed by atoms with Gasteiger partial charge in [0.2, 0.25) is 5.89 Å². The number of carbonyl (C=O) groups excluding carboxylic acids is 1. The zero-order valence-electron chi connectivity index (χ0n) is 15.0. The van der Waals surface area contributed by atoms with E-state index in [0.29, 0.717) is 31.0 Å². The summed E-state index contributed by atoms with van der Waals surface area (Å²) in [4.78, 5) is 19.7. The van der Waals surface area contributed by atoms with Gasteiger partial charge in [-0.05, 0) is 30.9 Å². The van der Waals surface area contributed by atoms with E-state index in [-0.39, 0.29) is 5.97 Å². The summed E-state index contributed by atoms with van der Waals surface area (Å²) in [5, 5.41) is 9.04. The van der Waals surface area contributed by atoms with E-state index >= 15 is 0 Å². The van der Waals surface area contributed by atoms with Gasteiger partial charge in [0, 0.05) is 36.5 Å². The van der Waals surface area contributed by atoms with Crippen molar-refractivity contribution in [2.45, 2.75) is 38.1 Å². The maximum atomic E-state index is 11.6. The third-order valence-electron chi connectivity index (χ3n) is 5.11. The Kier molecular flexibility index (Phi) is 4.24. The van der Waals surface area contributed by atoms with Crippen molar-refractivity contribution in [3.63, 3.8) is 0 Å². The first-order valence-electron chi connectivity index (χ1n) is 8.87. The van der Waals surface area contributed by atoms with Crippen molar-refractivity contribution in [2.75, 3.05) is 13.7 Å². The summed E-state index contributed by atoms with van der Waals surface area (Å²) in [5.41, 5.74) is 2.84. The summed E-state index contributed by atoms with van der Waals surface area (Å²) in [6.07, 6.45) is 2.60. The molecule has 4 rings (SSSR count). The molecule has 3 aromatic rings. The summed E-state index contributed by atoms with van der Waals surface area (Å²) in [7, 11) is 1.41. The smallest absolute Gasteiger partial charge is 0.305 e. The van der Waals surface area contributed by atoms with Gasteiger partial charge in [0.1, 0.15) is 5.54 Å². The number of nitrogens with zero attached hydrogens (tertiary/aromatic N) is 2. The first-order chi connectivity index (χ1) is 12.6. The number of benzene rings is 1. The minimum atomic E-state index is -0.599. The summed E-state index contributed by atoms with van der Waals surface area (Å²) < 4.78 is 10.1. The van der Waals surface area contributed by atoms with E-state index in [4.69, 9.17) is 9.26 Å². The number of esters is 1. The molecule has 136 valence electrons. The monoisotopic (exact) mass is 354 g/mol. The Morgan fingerprint density at radius 2 is 2.23 bits per heavy atom. The topological polar surface area (TPSA) is 93.0 Å². The molecule has 26 heavy (non-hydrogen) atoms. The van der Waals surface area contributed by atoms with Crippen LogP contribution < -0.4 is 5.32 Å². The molecule has 0 radical (unpaired) electrons. The Morgan fingerprint density at radius 1 is 1.38 bits per heavy atom. The predicted octanol–water partition coefficient (Wildman–Crippen LogP) is 2.59. The third kappa shape index (κ3) is 2.68. The fourth-order valence-electron chi connectivity index (χ4n) is 3.90. The van der Waals surface area contributed by atoms with Crippen molar-refractivity contribution in [1.29, 1.82) is 0 Å². The molecule has 1 aliphatic heterocycles. The molecule has 1 unspecified atom stereocenters. The Bertz CT molecular complexity index is 945. The van der Waals surface area contributed by atoms with Crippen molar-refractivity contribution >= 4 is 16.9 Å². The molecule has 1 aromatic carbocycles. The number of para-hydroxylation sites is 1. The van der Waals surface area contributed by atoms with Gasteiger partial charge in [-0.1, -0.05) is 23.4 Å². The van der Waals surface area contributed by atoms with Crippen molar-refractivity contribution in [3.05, 3.63) is 47.2 Å². The van der Waals surface area contributed by atoms with E-state index in [9.17, 15) is 4.79 Å². The van der Waals surface area contributed by atoms with Gasteiger partial charge in [-0.25, -0.2) is 0 Å². The zero-order chi connectivity index (χ0) is 18.1. The van der Waals surface area contributed by atoms with E-state index in [1.165, 1.54) is 18.1 Å². The summed E-state index contributed by atoms with van der Waals surface area (Å²) >= 11 is 0. The van der Waals surface area contributed by atoms with Gasteiger partial charge in [0.05, 0.1) is 7.11 Å². The molecule has 0 saturated heterocycles. The van der Waals surface area contributed by atoms with Gasteiger partial charge < -0.3 is 14.2 Å². The van der Waals surface area contributed by atoms with Gasteiger partial charge in [0.15, 0.2) is 5.82 Å². The number of carbonyl (C=O) groups is 1. The maximum Gasteiger partial charge on any atom is 0.305 e. The van der Waals surface area contributed by atoms with Crippen LogP contribution in [0.5, 0.6) is 0 Å². The predicted molar refractivity (Wildman–Crippen MR) is 95.7 cm³/mol. The molecule has 1 aliphatic rings. The Labute approximate surface area is 151 Å². The molecule has 7 nitrogen and oxygen atoms in total. The number of aromatic amines is 1. The Hall–Kier alpha value is -2.67. The zero-order valence-corrected chi connectivity index (χ0v) is 15.0. The van der Waals surface area contributed by atoms with E-state index in [0.717, 1.165) is 24.2 Å². The fourth-order valence-corrected chi connectivity index (χ4v) is 3.90. The average Bonchev–Trinajstić information content (AvgIpc) is 3.26. The van der Waals surface area contributed by atoms with Gasteiger partial charge in [-0.3, -0.25) is 10.1 Å². The number of aryl methyl sites for hydroxylation is 1. The van der Waals surface area contributed by atoms with Crippen LogP contribution in [0.2, 0.25) is 0 Å². The fraction of sp³-hybridized carbons (Fsp3) is 0.421. The highest BCUT2D eigenvalue weighted by molar-refractivity contribution is 5.85. The highest BCUT2D eigenvalue weighted by Gasteiger charge is 2.43. The van der Waals surface area contributed by atoms with Crippen molar-refractivity contribution < 1.29 is 14.1 Å². The van der Waals surface area contributed by atoms with E-state index in [2.05, 4.69) is 38.6 Å². The van der Waals surface area contributed by atoms with Gasteiger partial charge >= 0.3 is 5.97 Å². The second kappa shape index (κ2) is 6.57. The number of nitrogens with one attached hydrogen (secondary N) is 2. The van der Waals surface area contributed by atoms with Gasteiger partial charge in [-0.15, -0.1) is 0 Å². The number of rotatable bonds is 5. The number of H-pyrrole nitrogens is 1. The van der Waals surface area contributed by atoms with Crippen LogP contribution in [0.25, 0.3) is 10.9 Å². The largest absolute Gasteiger partial charge is 0.469 e. The summed E-state index contributed by atoms with van der Waals surface area (Å²) in [5.74, 6) is 0.918. The van der Waals surface area contributed by atoms with Crippen LogP contribution in [0.1, 0.15) is 42.2 Å². The van der Waals surface area contributed by atoms with E-state index in [1.807, 2.05) is 6.07 Å². The number of aromatic nitrogens is 3. The van der Waals surface area contributed by atoms with Crippen LogP contribution in [0.3, 0.4) is 0 Å². The van der Waals surface area contributed by atoms with Crippen molar-refractivity contribution in [1.82, 2.24) is 20.4 Å². The maximum absolute atomic E-state index is 11.6. The second-order valence-electron chi connectivity index (χ2n) is 6.67. The molecule has 0 aliphatic carbocycles. The average molecular weight is 354 g/mol. The van der Waals surface area contributed by atoms with Crippen LogP contribution in [-0.4, -0.2) is 34.7 Å². The molecule has 0 spiro atoms. The van der Waals surface area contributed by atoms with Gasteiger partial charge in [-0.2, -0.15) is 4.98 Å². The molecule has 3 heterocycles. The van der Waals surface area contributed by atoms with Crippen LogP contribution in [0.4, 0.5) is 0 Å². The second-order valence-corrected chi connectivity index (χ2v) is 6.67. The molecular formula is C19H22N4O3. The number of ether oxygens (including phenoxy) is 1. The molecule has 7 heteroatoms. The molecule has 1 atom stereocenters. The Morgan fingerprint density at radius 3 is 3.00 bits per heavy atom. The normalized spacial score (nSPS) is 19.5. The molecule has 2 aromatic heterocycles. The first-order valence-corrected chi connectivity index (χ1v) is 8.87. The van der Waals surface area contributed by atoms with Crippen molar-refractivity contribution in [2.24, 2.45) is 0 Å². The Balaban J connectivity index is 1.80. The number of fused-ring (bicyclic) bond motifs is 3.